The predicted octanol–water partition coefficient (Wildman–Crippen LogP) is 3.46. The number of rotatable bonds is 6. The third kappa shape index (κ3) is 2.84. The van der Waals surface area contributed by atoms with Crippen LogP contribution in [0.25, 0.3) is 0 Å². The largest absolute Gasteiger partial charge is 0.493 e. The number of benzene rings is 1. The van der Waals surface area contributed by atoms with Crippen LogP contribution in [0.5, 0.6) is 5.75 Å². The molecule has 1 aromatic carbocycles. The smallest absolute Gasteiger partial charge is 0.166 e. The minimum atomic E-state index is 0.218. The van der Waals surface area contributed by atoms with Gasteiger partial charge >= 0.3 is 0 Å². The Morgan fingerprint density at radius 1 is 1.38 bits per heavy atom. The fourth-order valence-electron chi connectivity index (χ4n) is 1.85. The summed E-state index contributed by atoms with van der Waals surface area (Å²) in [7, 11) is 0. The summed E-state index contributed by atoms with van der Waals surface area (Å²) in [5, 5.41) is 0. The van der Waals surface area contributed by atoms with Gasteiger partial charge < -0.3 is 4.74 Å². The molecule has 0 heterocycles. The van der Waals surface area contributed by atoms with Crippen molar-refractivity contribution in [1.82, 2.24) is 0 Å². The highest BCUT2D eigenvalue weighted by Gasteiger charge is 2.22. The Bertz CT molecular complexity index is 367. The Hall–Kier alpha value is -1.31. The van der Waals surface area contributed by atoms with Crippen molar-refractivity contribution >= 4 is 5.78 Å². The molecule has 0 radical (unpaired) electrons. The van der Waals surface area contributed by atoms with Gasteiger partial charge in [0.1, 0.15) is 5.75 Å². The first-order chi connectivity index (χ1) is 7.81. The highest BCUT2D eigenvalue weighted by Crippen LogP contribution is 2.34. The van der Waals surface area contributed by atoms with Crippen molar-refractivity contribution in [2.24, 2.45) is 5.92 Å². The van der Waals surface area contributed by atoms with Crippen LogP contribution >= 0.6 is 0 Å². The summed E-state index contributed by atoms with van der Waals surface area (Å²) >= 11 is 0. The molecule has 2 rings (SSSR count). The standard InChI is InChI=1S/C14H18O2/c1-2-16-14-6-4-3-5-12(14)13(15)10-9-11-7-8-11/h3-6,11H,2,7-10H2,1H3. The van der Waals surface area contributed by atoms with E-state index in [-0.39, 0.29) is 5.78 Å². The Kier molecular flexibility index (Phi) is 3.60. The van der Waals surface area contributed by atoms with Gasteiger partial charge in [-0.2, -0.15) is 0 Å². The van der Waals surface area contributed by atoms with E-state index in [4.69, 9.17) is 4.74 Å². The summed E-state index contributed by atoms with van der Waals surface area (Å²) in [6.45, 7) is 2.54. The summed E-state index contributed by atoms with van der Waals surface area (Å²) in [6.07, 6.45) is 4.31. The van der Waals surface area contributed by atoms with Crippen LogP contribution in [-0.2, 0) is 0 Å². The summed E-state index contributed by atoms with van der Waals surface area (Å²) in [4.78, 5) is 12.0. The van der Waals surface area contributed by atoms with Crippen LogP contribution in [0.2, 0.25) is 0 Å². The van der Waals surface area contributed by atoms with E-state index >= 15 is 0 Å². The van der Waals surface area contributed by atoms with E-state index in [9.17, 15) is 4.79 Å². The van der Waals surface area contributed by atoms with Gasteiger partial charge in [-0.1, -0.05) is 25.0 Å². The van der Waals surface area contributed by atoms with Crippen LogP contribution in [0, 0.1) is 5.92 Å². The molecule has 2 nitrogen and oxygen atoms in total. The topological polar surface area (TPSA) is 26.3 Å². The first-order valence-electron chi connectivity index (χ1n) is 6.06. The van der Waals surface area contributed by atoms with Gasteiger partial charge in [-0.15, -0.1) is 0 Å². The van der Waals surface area contributed by atoms with Crippen molar-refractivity contribution in [2.45, 2.75) is 32.6 Å². The molecule has 1 aromatic rings. The zero-order valence-electron chi connectivity index (χ0n) is 9.74. The van der Waals surface area contributed by atoms with Crippen molar-refractivity contribution < 1.29 is 9.53 Å². The normalized spacial score (nSPS) is 14.8. The number of carbonyl (C=O) groups excluding carboxylic acids is 1. The third-order valence-electron chi connectivity index (χ3n) is 2.96. The molecule has 86 valence electrons. The highest BCUT2D eigenvalue weighted by atomic mass is 16.5. The minimum absolute atomic E-state index is 0.218. The van der Waals surface area contributed by atoms with Crippen molar-refractivity contribution in [3.8, 4) is 5.75 Å². The summed E-state index contributed by atoms with van der Waals surface area (Å²) in [6, 6.07) is 7.53. The zero-order valence-corrected chi connectivity index (χ0v) is 9.74. The molecule has 16 heavy (non-hydrogen) atoms. The molecule has 0 N–H and O–H groups in total. The maximum absolute atomic E-state index is 12.0. The zero-order chi connectivity index (χ0) is 11.4. The summed E-state index contributed by atoms with van der Waals surface area (Å²) in [5.41, 5.74) is 0.741. The van der Waals surface area contributed by atoms with Gasteiger partial charge in [-0.05, 0) is 31.4 Å². The van der Waals surface area contributed by atoms with E-state index in [2.05, 4.69) is 0 Å². The molecule has 0 bridgehead atoms. The molecular formula is C14H18O2. The van der Waals surface area contributed by atoms with Gasteiger partial charge in [0, 0.05) is 6.42 Å². The number of Topliss-reactive ketones (excluding diaryl/α,β-unsaturated/α-hetero) is 1. The van der Waals surface area contributed by atoms with Crippen molar-refractivity contribution in [3.05, 3.63) is 29.8 Å². The lowest BCUT2D eigenvalue weighted by Crippen LogP contribution is -2.04. The minimum Gasteiger partial charge on any atom is -0.493 e. The average molecular weight is 218 g/mol. The van der Waals surface area contributed by atoms with Gasteiger partial charge in [0.05, 0.1) is 12.2 Å². The second kappa shape index (κ2) is 5.15. The van der Waals surface area contributed by atoms with Crippen LogP contribution in [0.1, 0.15) is 43.0 Å². The third-order valence-corrected chi connectivity index (χ3v) is 2.96. The fourth-order valence-corrected chi connectivity index (χ4v) is 1.85. The Morgan fingerprint density at radius 3 is 2.81 bits per heavy atom. The lowest BCUT2D eigenvalue weighted by Gasteiger charge is -2.08. The molecule has 0 spiro atoms. The van der Waals surface area contributed by atoms with Crippen molar-refractivity contribution in [2.75, 3.05) is 6.61 Å². The fraction of sp³-hybridized carbons (Fsp3) is 0.500. The summed E-state index contributed by atoms with van der Waals surface area (Å²) < 4.78 is 5.46. The number of ether oxygens (including phenoxy) is 1. The van der Waals surface area contributed by atoms with Crippen LogP contribution in [-0.4, -0.2) is 12.4 Å². The predicted molar refractivity (Wildman–Crippen MR) is 63.9 cm³/mol. The van der Waals surface area contributed by atoms with Crippen molar-refractivity contribution in [1.29, 1.82) is 0 Å². The molecule has 1 fully saturated rings. The van der Waals surface area contributed by atoms with Crippen LogP contribution in [0.15, 0.2) is 24.3 Å². The number of para-hydroxylation sites is 1. The second-order valence-corrected chi connectivity index (χ2v) is 4.33. The Morgan fingerprint density at radius 2 is 2.12 bits per heavy atom. The monoisotopic (exact) mass is 218 g/mol. The van der Waals surface area contributed by atoms with Gasteiger partial charge in [0.25, 0.3) is 0 Å². The van der Waals surface area contributed by atoms with E-state index in [0.29, 0.717) is 13.0 Å². The lowest BCUT2D eigenvalue weighted by atomic mass is 10.0. The van der Waals surface area contributed by atoms with Gasteiger partial charge in [0.2, 0.25) is 0 Å². The molecule has 2 heteroatoms. The maximum Gasteiger partial charge on any atom is 0.166 e. The van der Waals surface area contributed by atoms with Crippen LogP contribution in [0.3, 0.4) is 0 Å². The van der Waals surface area contributed by atoms with Gasteiger partial charge in [-0.25, -0.2) is 0 Å². The number of ketones is 1. The molecule has 0 aromatic heterocycles. The van der Waals surface area contributed by atoms with E-state index in [1.54, 1.807) is 0 Å². The summed E-state index contributed by atoms with van der Waals surface area (Å²) in [5.74, 6) is 1.75. The van der Waals surface area contributed by atoms with E-state index in [1.165, 1.54) is 12.8 Å². The van der Waals surface area contributed by atoms with E-state index in [1.807, 2.05) is 31.2 Å². The van der Waals surface area contributed by atoms with Gasteiger partial charge in [-0.3, -0.25) is 4.79 Å². The molecular weight excluding hydrogens is 200 g/mol. The number of hydrogen-bond donors (Lipinski definition) is 0. The Balaban J connectivity index is 2.01. The molecule has 1 aliphatic rings. The average Bonchev–Trinajstić information content (AvgIpc) is 3.11. The molecule has 0 atom stereocenters. The quantitative estimate of drug-likeness (QED) is 0.683. The highest BCUT2D eigenvalue weighted by molar-refractivity contribution is 5.98. The number of carbonyl (C=O) groups is 1. The molecule has 0 unspecified atom stereocenters. The first kappa shape index (κ1) is 11.2. The van der Waals surface area contributed by atoms with Crippen molar-refractivity contribution in [3.63, 3.8) is 0 Å². The van der Waals surface area contributed by atoms with E-state index in [0.717, 1.165) is 23.7 Å². The maximum atomic E-state index is 12.0. The SMILES string of the molecule is CCOc1ccccc1C(=O)CCC1CC1. The second-order valence-electron chi connectivity index (χ2n) is 4.33. The molecule has 0 amide bonds. The molecule has 1 saturated carbocycles. The molecule has 1 aliphatic carbocycles. The van der Waals surface area contributed by atoms with E-state index < -0.39 is 0 Å². The van der Waals surface area contributed by atoms with Crippen LogP contribution in [0.4, 0.5) is 0 Å². The molecule has 0 aliphatic heterocycles. The number of hydrogen-bond acceptors (Lipinski definition) is 2. The Labute approximate surface area is 96.6 Å². The van der Waals surface area contributed by atoms with Gasteiger partial charge in [0.15, 0.2) is 5.78 Å². The van der Waals surface area contributed by atoms with Crippen LogP contribution < -0.4 is 4.74 Å². The first-order valence-corrected chi connectivity index (χ1v) is 6.06. The molecule has 0 saturated heterocycles. The lowest BCUT2D eigenvalue weighted by molar-refractivity contribution is 0.0974.